The third-order valence-electron chi connectivity index (χ3n) is 4.89. The minimum Gasteiger partial charge on any atom is -0.330 e. The molecule has 0 atom stereocenters. The van der Waals surface area contributed by atoms with E-state index in [9.17, 15) is 12.8 Å². The Bertz CT molecular complexity index is 801. The van der Waals surface area contributed by atoms with Crippen molar-refractivity contribution in [1.82, 2.24) is 4.31 Å². The van der Waals surface area contributed by atoms with Gasteiger partial charge in [-0.25, -0.2) is 12.8 Å². The zero-order valence-electron chi connectivity index (χ0n) is 13.4. The van der Waals surface area contributed by atoms with E-state index in [4.69, 9.17) is 5.73 Å². The first-order chi connectivity index (χ1) is 11.5. The quantitative estimate of drug-likeness (QED) is 0.923. The summed E-state index contributed by atoms with van der Waals surface area (Å²) in [5.74, 6) is -0.548. The lowest BCUT2D eigenvalue weighted by atomic mass is 9.73. The molecule has 2 aromatic rings. The van der Waals surface area contributed by atoms with Gasteiger partial charge in [-0.15, -0.1) is 0 Å². The van der Waals surface area contributed by atoms with Crippen molar-refractivity contribution in [2.24, 2.45) is 5.73 Å². The molecule has 24 heavy (non-hydrogen) atoms. The molecule has 0 radical (unpaired) electrons. The molecule has 2 aromatic carbocycles. The Morgan fingerprint density at radius 3 is 2.29 bits per heavy atom. The largest absolute Gasteiger partial charge is 0.330 e. The van der Waals surface area contributed by atoms with Crippen LogP contribution in [-0.2, 0) is 15.4 Å². The van der Waals surface area contributed by atoms with Gasteiger partial charge in [-0.2, -0.15) is 4.31 Å². The molecule has 2 N–H and O–H groups in total. The number of nitrogens with two attached hydrogens (primary N) is 1. The highest BCUT2D eigenvalue weighted by Crippen LogP contribution is 2.36. The monoisotopic (exact) mass is 348 g/mol. The van der Waals surface area contributed by atoms with Crippen molar-refractivity contribution in [2.75, 3.05) is 19.6 Å². The van der Waals surface area contributed by atoms with E-state index < -0.39 is 15.8 Å². The second-order valence-electron chi connectivity index (χ2n) is 6.21. The average Bonchev–Trinajstić information content (AvgIpc) is 2.62. The molecule has 0 bridgehead atoms. The molecule has 0 saturated carbocycles. The fraction of sp³-hybridized carbons (Fsp3) is 0.333. The van der Waals surface area contributed by atoms with Crippen LogP contribution in [-0.4, -0.2) is 32.4 Å². The van der Waals surface area contributed by atoms with Crippen molar-refractivity contribution >= 4 is 10.0 Å². The molecule has 128 valence electrons. The number of nitrogens with zero attached hydrogens (tertiary/aromatic N) is 1. The molecule has 6 heteroatoms. The van der Waals surface area contributed by atoms with Crippen LogP contribution in [0.25, 0.3) is 0 Å². The maximum absolute atomic E-state index is 13.4. The zero-order chi connectivity index (χ0) is 17.2. The molecule has 1 saturated heterocycles. The van der Waals surface area contributed by atoms with Crippen molar-refractivity contribution in [3.8, 4) is 0 Å². The topological polar surface area (TPSA) is 63.4 Å². The zero-order valence-corrected chi connectivity index (χ0v) is 14.2. The summed E-state index contributed by atoms with van der Waals surface area (Å²) < 4.78 is 40.2. The summed E-state index contributed by atoms with van der Waals surface area (Å²) in [4.78, 5) is 0.00228. The second-order valence-corrected chi connectivity index (χ2v) is 8.15. The molecule has 0 spiro atoms. The average molecular weight is 348 g/mol. The van der Waals surface area contributed by atoms with Crippen molar-refractivity contribution in [3.63, 3.8) is 0 Å². The number of hydrogen-bond acceptors (Lipinski definition) is 3. The minimum atomic E-state index is -3.67. The fourth-order valence-corrected chi connectivity index (χ4v) is 4.81. The van der Waals surface area contributed by atoms with E-state index in [0.29, 0.717) is 32.5 Å². The fourth-order valence-electron chi connectivity index (χ4n) is 3.33. The van der Waals surface area contributed by atoms with E-state index in [-0.39, 0.29) is 10.3 Å². The van der Waals surface area contributed by atoms with E-state index in [2.05, 4.69) is 0 Å². The van der Waals surface area contributed by atoms with Gasteiger partial charge in [-0.1, -0.05) is 36.4 Å². The van der Waals surface area contributed by atoms with Gasteiger partial charge in [0.05, 0.1) is 4.90 Å². The third kappa shape index (κ3) is 3.09. The Morgan fingerprint density at radius 1 is 1.04 bits per heavy atom. The van der Waals surface area contributed by atoms with Crippen LogP contribution in [0.2, 0.25) is 0 Å². The van der Waals surface area contributed by atoms with Crippen LogP contribution < -0.4 is 5.73 Å². The van der Waals surface area contributed by atoms with Crippen LogP contribution in [0, 0.1) is 5.82 Å². The van der Waals surface area contributed by atoms with Crippen LogP contribution in [0.15, 0.2) is 59.5 Å². The summed E-state index contributed by atoms with van der Waals surface area (Å²) >= 11 is 0. The normalized spacial score (nSPS) is 18.4. The molecular weight excluding hydrogens is 327 g/mol. The highest BCUT2D eigenvalue weighted by atomic mass is 32.2. The molecule has 0 unspecified atom stereocenters. The second kappa shape index (κ2) is 6.63. The van der Waals surface area contributed by atoms with Gasteiger partial charge in [0, 0.05) is 25.0 Å². The van der Waals surface area contributed by atoms with Crippen molar-refractivity contribution < 1.29 is 12.8 Å². The summed E-state index contributed by atoms with van der Waals surface area (Å²) in [5.41, 5.74) is 6.99. The molecule has 1 fully saturated rings. The smallest absolute Gasteiger partial charge is 0.243 e. The first-order valence-electron chi connectivity index (χ1n) is 7.99. The van der Waals surface area contributed by atoms with Crippen molar-refractivity contribution in [1.29, 1.82) is 0 Å². The summed E-state index contributed by atoms with van der Waals surface area (Å²) in [7, 11) is -3.67. The van der Waals surface area contributed by atoms with Gasteiger partial charge in [0.15, 0.2) is 0 Å². The molecular formula is C18H21FN2O2S. The Labute approximate surface area is 142 Å². The minimum absolute atomic E-state index is 0.00228. The standard InChI is InChI=1S/C18H21FN2O2S/c19-16-7-4-8-17(13-16)24(22,23)21-11-9-18(14-20,10-12-21)15-5-2-1-3-6-15/h1-8,13H,9-12,14,20H2. The highest BCUT2D eigenvalue weighted by molar-refractivity contribution is 7.89. The van der Waals surface area contributed by atoms with Crippen molar-refractivity contribution in [3.05, 3.63) is 66.0 Å². The van der Waals surface area contributed by atoms with Gasteiger partial charge < -0.3 is 5.73 Å². The Hall–Kier alpha value is -1.76. The lowest BCUT2D eigenvalue weighted by molar-refractivity contribution is 0.237. The molecule has 0 amide bonds. The van der Waals surface area contributed by atoms with Crippen molar-refractivity contribution in [2.45, 2.75) is 23.2 Å². The Kier molecular flexibility index (Phi) is 4.71. The maximum Gasteiger partial charge on any atom is 0.243 e. The Balaban J connectivity index is 1.82. The number of sulfonamides is 1. The van der Waals surface area contributed by atoms with E-state index in [1.807, 2.05) is 30.3 Å². The number of benzene rings is 2. The van der Waals surface area contributed by atoms with E-state index >= 15 is 0 Å². The molecule has 4 nitrogen and oxygen atoms in total. The van der Waals surface area contributed by atoms with Gasteiger partial charge >= 0.3 is 0 Å². The van der Waals surface area contributed by atoms with Gasteiger partial charge in [0.2, 0.25) is 10.0 Å². The SMILES string of the molecule is NCC1(c2ccccc2)CCN(S(=O)(=O)c2cccc(F)c2)CC1. The first-order valence-corrected chi connectivity index (χ1v) is 9.43. The number of rotatable bonds is 4. The van der Waals surface area contributed by atoms with Gasteiger partial charge in [0.1, 0.15) is 5.82 Å². The molecule has 1 aliphatic rings. The van der Waals surface area contributed by atoms with Crippen LogP contribution >= 0.6 is 0 Å². The van der Waals surface area contributed by atoms with Gasteiger partial charge in [0.25, 0.3) is 0 Å². The van der Waals surface area contributed by atoms with Crippen LogP contribution in [0.5, 0.6) is 0 Å². The molecule has 3 rings (SSSR count). The predicted molar refractivity (Wildman–Crippen MR) is 91.6 cm³/mol. The van der Waals surface area contributed by atoms with E-state index in [1.165, 1.54) is 22.5 Å². The Morgan fingerprint density at radius 2 is 1.71 bits per heavy atom. The third-order valence-corrected chi connectivity index (χ3v) is 6.78. The molecule has 1 heterocycles. The van der Waals surface area contributed by atoms with Crippen LogP contribution in [0.1, 0.15) is 18.4 Å². The molecule has 1 aliphatic heterocycles. The lowest BCUT2D eigenvalue weighted by Gasteiger charge is -2.41. The maximum atomic E-state index is 13.4. The lowest BCUT2D eigenvalue weighted by Crippen LogP contribution is -2.48. The number of piperidine rings is 1. The summed E-state index contributed by atoms with van der Waals surface area (Å²) in [5, 5.41) is 0. The van der Waals surface area contributed by atoms with Gasteiger partial charge in [-0.3, -0.25) is 0 Å². The van der Waals surface area contributed by atoms with E-state index in [0.717, 1.165) is 11.6 Å². The number of halogens is 1. The highest BCUT2D eigenvalue weighted by Gasteiger charge is 2.38. The summed E-state index contributed by atoms with van der Waals surface area (Å²) in [6, 6.07) is 15.2. The van der Waals surface area contributed by atoms with E-state index in [1.54, 1.807) is 0 Å². The molecule has 0 aliphatic carbocycles. The van der Waals surface area contributed by atoms with Crippen LogP contribution in [0.4, 0.5) is 4.39 Å². The summed E-state index contributed by atoms with van der Waals surface area (Å²) in [6.07, 6.45) is 1.31. The predicted octanol–water partition coefficient (Wildman–Crippen LogP) is 2.51. The van der Waals surface area contributed by atoms with Crippen LogP contribution in [0.3, 0.4) is 0 Å². The summed E-state index contributed by atoms with van der Waals surface area (Å²) in [6.45, 7) is 1.24. The first kappa shape index (κ1) is 17.1. The van der Waals surface area contributed by atoms with Gasteiger partial charge in [-0.05, 0) is 36.6 Å². The number of hydrogen-bond donors (Lipinski definition) is 1. The molecule has 0 aromatic heterocycles.